The number of primary amides is 1. The quantitative estimate of drug-likeness (QED) is 0.581. The summed E-state index contributed by atoms with van der Waals surface area (Å²) >= 11 is 1.40. The predicted octanol–water partition coefficient (Wildman–Crippen LogP) is 4.12. The van der Waals surface area contributed by atoms with E-state index in [-0.39, 0.29) is 5.57 Å². The minimum atomic E-state index is -0.729. The molecule has 0 aliphatic heterocycles. The molecule has 0 spiro atoms. The fraction of sp³-hybridized carbons (Fsp3) is 0.200. The van der Waals surface area contributed by atoms with Crippen molar-refractivity contribution in [3.05, 3.63) is 75.8 Å². The second-order valence-corrected chi connectivity index (χ2v) is 6.56. The largest absolute Gasteiger partial charge is 0.365 e. The number of nitrogens with one attached hydrogen (secondary N) is 1. The number of aryl methyl sites for hydroxylation is 2. The smallest absolute Gasteiger partial charge is 0.262 e. The molecule has 0 atom stereocenters. The summed E-state index contributed by atoms with van der Waals surface area (Å²) < 4.78 is 0. The summed E-state index contributed by atoms with van der Waals surface area (Å²) in [7, 11) is 0. The van der Waals surface area contributed by atoms with Crippen LogP contribution in [0.1, 0.15) is 23.6 Å². The summed E-state index contributed by atoms with van der Waals surface area (Å²) in [6, 6.07) is 17.8. The maximum Gasteiger partial charge on any atom is 0.262 e. The zero-order chi connectivity index (χ0) is 18.2. The number of benzene rings is 2. The number of thioether (sulfide) groups is 1. The third kappa shape index (κ3) is 5.13. The maximum absolute atomic E-state index is 11.6. The van der Waals surface area contributed by atoms with Gasteiger partial charge in [0.1, 0.15) is 11.6 Å². The van der Waals surface area contributed by atoms with Gasteiger partial charge in [0.25, 0.3) is 5.91 Å². The molecule has 0 aliphatic carbocycles. The molecule has 2 aromatic rings. The average Bonchev–Trinajstić information content (AvgIpc) is 2.61. The van der Waals surface area contributed by atoms with Gasteiger partial charge in [-0.25, -0.2) is 0 Å². The van der Waals surface area contributed by atoms with E-state index in [1.165, 1.54) is 22.9 Å². The van der Waals surface area contributed by atoms with Gasteiger partial charge in [-0.05, 0) is 42.2 Å². The van der Waals surface area contributed by atoms with E-state index in [2.05, 4.69) is 12.2 Å². The number of hydrogen-bond donors (Lipinski definition) is 2. The van der Waals surface area contributed by atoms with Crippen molar-refractivity contribution in [2.75, 3.05) is 5.32 Å². The molecule has 0 aromatic heterocycles. The highest BCUT2D eigenvalue weighted by Gasteiger charge is 2.14. The van der Waals surface area contributed by atoms with E-state index in [4.69, 9.17) is 5.73 Å². The van der Waals surface area contributed by atoms with E-state index in [1.54, 1.807) is 0 Å². The summed E-state index contributed by atoms with van der Waals surface area (Å²) in [6.07, 6.45) is 0.954. The van der Waals surface area contributed by atoms with E-state index in [0.717, 1.165) is 17.7 Å². The second-order valence-electron chi connectivity index (χ2n) is 5.57. The zero-order valence-corrected chi connectivity index (χ0v) is 15.2. The number of hydrogen-bond acceptors (Lipinski definition) is 4. The van der Waals surface area contributed by atoms with Crippen LogP contribution in [0.5, 0.6) is 0 Å². The van der Waals surface area contributed by atoms with Crippen molar-refractivity contribution < 1.29 is 4.79 Å². The molecule has 3 N–H and O–H groups in total. The fourth-order valence-corrected chi connectivity index (χ4v) is 3.37. The Morgan fingerprint density at radius 1 is 1.20 bits per heavy atom. The first-order valence-electron chi connectivity index (χ1n) is 8.02. The highest BCUT2D eigenvalue weighted by atomic mass is 32.2. The minimum Gasteiger partial charge on any atom is -0.365 e. The number of carbonyl (C=O) groups is 1. The molecule has 1 amide bonds. The number of nitrogens with two attached hydrogens (primary N) is 1. The molecule has 0 bridgehead atoms. The average molecular weight is 351 g/mol. The molecule has 0 aliphatic rings. The van der Waals surface area contributed by atoms with E-state index in [0.29, 0.717) is 10.8 Å². The monoisotopic (exact) mass is 351 g/mol. The Balaban J connectivity index is 2.26. The lowest BCUT2D eigenvalue weighted by Gasteiger charge is -2.13. The molecule has 0 saturated heterocycles. The summed E-state index contributed by atoms with van der Waals surface area (Å²) in [5, 5.41) is 13.0. The molecule has 0 heterocycles. The van der Waals surface area contributed by atoms with Gasteiger partial charge in [0.05, 0.1) is 5.03 Å². The van der Waals surface area contributed by atoms with Crippen molar-refractivity contribution >= 4 is 23.4 Å². The first kappa shape index (κ1) is 18.6. The first-order valence-corrected chi connectivity index (χ1v) is 9.01. The van der Waals surface area contributed by atoms with Crippen molar-refractivity contribution in [1.82, 2.24) is 0 Å². The van der Waals surface area contributed by atoms with Crippen LogP contribution in [0.15, 0.2) is 59.1 Å². The molecule has 0 radical (unpaired) electrons. The van der Waals surface area contributed by atoms with Crippen LogP contribution in [-0.2, 0) is 17.0 Å². The molecule has 25 heavy (non-hydrogen) atoms. The van der Waals surface area contributed by atoms with Crippen molar-refractivity contribution in [3.8, 4) is 6.07 Å². The number of anilines is 1. The summed E-state index contributed by atoms with van der Waals surface area (Å²) in [5.74, 6) is -0.0898. The van der Waals surface area contributed by atoms with Gasteiger partial charge >= 0.3 is 0 Å². The lowest BCUT2D eigenvalue weighted by Crippen LogP contribution is -2.16. The van der Waals surface area contributed by atoms with Crippen molar-refractivity contribution in [2.45, 2.75) is 26.0 Å². The predicted molar refractivity (Wildman–Crippen MR) is 104 cm³/mol. The van der Waals surface area contributed by atoms with Gasteiger partial charge in [0, 0.05) is 11.4 Å². The topological polar surface area (TPSA) is 78.9 Å². The highest BCUT2D eigenvalue weighted by molar-refractivity contribution is 8.02. The molecule has 5 heteroatoms. The Morgan fingerprint density at radius 2 is 1.88 bits per heavy atom. The van der Waals surface area contributed by atoms with Crippen molar-refractivity contribution in [2.24, 2.45) is 5.73 Å². The normalized spacial score (nSPS) is 11.4. The van der Waals surface area contributed by atoms with Crippen LogP contribution in [0.2, 0.25) is 0 Å². The molecule has 4 nitrogen and oxygen atoms in total. The van der Waals surface area contributed by atoms with E-state index >= 15 is 0 Å². The van der Waals surface area contributed by atoms with Crippen LogP contribution in [0.4, 0.5) is 5.69 Å². The number of rotatable bonds is 7. The summed E-state index contributed by atoms with van der Waals surface area (Å²) in [5.41, 5.74) is 9.67. The molecule has 128 valence electrons. The molecule has 2 aromatic carbocycles. The molecular weight excluding hydrogens is 330 g/mol. The Labute approximate surface area is 152 Å². The number of nitrogens with zero attached hydrogens (tertiary/aromatic N) is 1. The SMILES string of the molecule is CCc1ccc(N/C(SCc2ccccc2C)=C(/C#N)C(N)=O)cc1. The van der Waals surface area contributed by atoms with Crippen LogP contribution in [0.3, 0.4) is 0 Å². The summed E-state index contributed by atoms with van der Waals surface area (Å²) in [4.78, 5) is 11.6. The molecule has 0 saturated carbocycles. The number of nitriles is 1. The fourth-order valence-electron chi connectivity index (χ4n) is 2.27. The van der Waals surface area contributed by atoms with E-state index in [1.807, 2.05) is 61.5 Å². The van der Waals surface area contributed by atoms with Gasteiger partial charge in [0.15, 0.2) is 0 Å². The van der Waals surface area contributed by atoms with Crippen molar-refractivity contribution in [3.63, 3.8) is 0 Å². The van der Waals surface area contributed by atoms with Gasteiger partial charge < -0.3 is 11.1 Å². The lowest BCUT2D eigenvalue weighted by molar-refractivity contribution is -0.114. The molecule has 2 rings (SSSR count). The Hall–Kier alpha value is -2.71. The van der Waals surface area contributed by atoms with Crippen LogP contribution in [0, 0.1) is 18.3 Å². The zero-order valence-electron chi connectivity index (χ0n) is 14.4. The molecule has 0 unspecified atom stereocenters. The van der Waals surface area contributed by atoms with Crippen LogP contribution in [-0.4, -0.2) is 5.91 Å². The van der Waals surface area contributed by atoms with Crippen LogP contribution >= 0.6 is 11.8 Å². The van der Waals surface area contributed by atoms with Gasteiger partial charge in [-0.1, -0.05) is 43.3 Å². The van der Waals surface area contributed by atoms with Crippen molar-refractivity contribution in [1.29, 1.82) is 5.26 Å². The highest BCUT2D eigenvalue weighted by Crippen LogP contribution is 2.27. The third-order valence-corrected chi connectivity index (χ3v) is 4.89. The van der Waals surface area contributed by atoms with Crippen LogP contribution in [0.25, 0.3) is 0 Å². The maximum atomic E-state index is 11.6. The standard InChI is InChI=1S/C20H21N3OS/c1-3-15-8-10-17(11-9-15)23-20(18(12-21)19(22)24)25-13-16-7-5-4-6-14(16)2/h4-11,23H,3,13H2,1-2H3,(H2,22,24)/b20-18+. The third-order valence-electron chi connectivity index (χ3n) is 3.84. The minimum absolute atomic E-state index is 0.0573. The van der Waals surface area contributed by atoms with E-state index < -0.39 is 5.91 Å². The van der Waals surface area contributed by atoms with Gasteiger partial charge in [-0.2, -0.15) is 5.26 Å². The Bertz CT molecular complexity index is 820. The van der Waals surface area contributed by atoms with E-state index in [9.17, 15) is 10.1 Å². The Kier molecular flexibility index (Phi) is 6.67. The number of carbonyl (C=O) groups excluding carboxylic acids is 1. The summed E-state index contributed by atoms with van der Waals surface area (Å²) in [6.45, 7) is 4.13. The van der Waals surface area contributed by atoms with Gasteiger partial charge in [0.2, 0.25) is 0 Å². The Morgan fingerprint density at radius 3 is 2.44 bits per heavy atom. The molecular formula is C20H21N3OS. The van der Waals surface area contributed by atoms with Gasteiger partial charge in [-0.3, -0.25) is 4.79 Å². The first-order chi connectivity index (χ1) is 12.0. The van der Waals surface area contributed by atoms with Gasteiger partial charge in [-0.15, -0.1) is 11.8 Å². The lowest BCUT2D eigenvalue weighted by atomic mass is 10.1. The second kappa shape index (κ2) is 8.95. The van der Waals surface area contributed by atoms with Crippen LogP contribution < -0.4 is 11.1 Å². The number of amides is 1. The molecule has 0 fully saturated rings.